The second-order valence-corrected chi connectivity index (χ2v) is 5.69. The van der Waals surface area contributed by atoms with E-state index in [4.69, 9.17) is 5.11 Å². The first-order chi connectivity index (χ1) is 9.31. The molecule has 1 saturated heterocycles. The molecule has 1 N–H and O–H groups in total. The summed E-state index contributed by atoms with van der Waals surface area (Å²) in [6, 6.07) is 4.79. The van der Waals surface area contributed by atoms with Crippen LogP contribution in [0, 0.1) is 0 Å². The van der Waals surface area contributed by atoms with Crippen LogP contribution in [0.25, 0.3) is 0 Å². The second kappa shape index (κ2) is 5.37. The number of nitrogens with zero attached hydrogens (tertiary/aromatic N) is 2. The fourth-order valence-corrected chi connectivity index (χ4v) is 3.12. The molecule has 1 amide bonds. The maximum Gasteiger partial charge on any atom is 0.270 e. The smallest absolute Gasteiger partial charge is 0.270 e. The highest BCUT2D eigenvalue weighted by Gasteiger charge is 2.33. The van der Waals surface area contributed by atoms with E-state index >= 15 is 0 Å². The molecule has 2 aliphatic rings. The van der Waals surface area contributed by atoms with E-state index < -0.39 is 0 Å². The van der Waals surface area contributed by atoms with Crippen LogP contribution in [-0.2, 0) is 0 Å². The van der Waals surface area contributed by atoms with Gasteiger partial charge in [-0.2, -0.15) is 0 Å². The molecule has 1 saturated carbocycles. The van der Waals surface area contributed by atoms with Crippen LogP contribution in [0.3, 0.4) is 0 Å². The van der Waals surface area contributed by atoms with Crippen LogP contribution in [0.1, 0.15) is 55.1 Å². The van der Waals surface area contributed by atoms with Gasteiger partial charge in [-0.1, -0.05) is 0 Å². The Bertz CT molecular complexity index is 451. The predicted octanol–water partition coefficient (Wildman–Crippen LogP) is 2.20. The van der Waals surface area contributed by atoms with Crippen molar-refractivity contribution in [2.75, 3.05) is 13.2 Å². The van der Waals surface area contributed by atoms with Gasteiger partial charge in [0.25, 0.3) is 5.91 Å². The highest BCUT2D eigenvalue weighted by molar-refractivity contribution is 5.93. The lowest BCUT2D eigenvalue weighted by Crippen LogP contribution is -2.36. The number of carbonyl (C=O) groups is 1. The van der Waals surface area contributed by atoms with Crippen molar-refractivity contribution in [3.63, 3.8) is 0 Å². The number of hydrogen-bond acceptors (Lipinski definition) is 2. The number of aliphatic hydroxyl groups excluding tert-OH is 1. The van der Waals surface area contributed by atoms with Crippen LogP contribution in [0.15, 0.2) is 18.3 Å². The van der Waals surface area contributed by atoms with Gasteiger partial charge in [-0.15, -0.1) is 0 Å². The summed E-state index contributed by atoms with van der Waals surface area (Å²) in [6.07, 6.45) is 8.31. The van der Waals surface area contributed by atoms with Crippen molar-refractivity contribution in [1.29, 1.82) is 0 Å². The minimum absolute atomic E-state index is 0.178. The quantitative estimate of drug-likeness (QED) is 0.884. The third-order valence-corrected chi connectivity index (χ3v) is 4.27. The molecule has 1 aromatic heterocycles. The minimum Gasteiger partial charge on any atom is -0.396 e. The minimum atomic E-state index is 0.178. The zero-order chi connectivity index (χ0) is 13.2. The molecular weight excluding hydrogens is 240 g/mol. The summed E-state index contributed by atoms with van der Waals surface area (Å²) < 4.78 is 2.14. The molecule has 1 aliphatic heterocycles. The van der Waals surface area contributed by atoms with Gasteiger partial charge in [0, 0.05) is 31.4 Å². The van der Waals surface area contributed by atoms with E-state index in [0.717, 1.165) is 37.9 Å². The van der Waals surface area contributed by atoms with Crippen molar-refractivity contribution in [3.05, 3.63) is 24.0 Å². The molecule has 19 heavy (non-hydrogen) atoms. The van der Waals surface area contributed by atoms with Crippen LogP contribution in [0.4, 0.5) is 0 Å². The molecule has 1 aliphatic carbocycles. The van der Waals surface area contributed by atoms with E-state index in [2.05, 4.69) is 4.57 Å². The monoisotopic (exact) mass is 262 g/mol. The van der Waals surface area contributed by atoms with Crippen molar-refractivity contribution in [2.24, 2.45) is 0 Å². The fourth-order valence-electron chi connectivity index (χ4n) is 3.12. The summed E-state index contributed by atoms with van der Waals surface area (Å²) >= 11 is 0. The van der Waals surface area contributed by atoms with Crippen LogP contribution in [-0.4, -0.2) is 39.7 Å². The van der Waals surface area contributed by atoms with Gasteiger partial charge in [0.15, 0.2) is 0 Å². The number of aliphatic hydroxyl groups is 1. The summed E-state index contributed by atoms with van der Waals surface area (Å²) in [6.45, 7) is 1.09. The Hall–Kier alpha value is -1.29. The third-order valence-electron chi connectivity index (χ3n) is 4.27. The highest BCUT2D eigenvalue weighted by atomic mass is 16.3. The van der Waals surface area contributed by atoms with E-state index in [1.54, 1.807) is 0 Å². The molecule has 4 nitrogen and oxygen atoms in total. The molecule has 0 radical (unpaired) electrons. The SMILES string of the molecule is O=C(c1cccn1C1CC1)N1CCCC1CCCO. The molecule has 2 fully saturated rings. The zero-order valence-corrected chi connectivity index (χ0v) is 11.3. The first-order valence-electron chi connectivity index (χ1n) is 7.40. The maximum absolute atomic E-state index is 12.7. The summed E-state index contributed by atoms with van der Waals surface area (Å²) in [4.78, 5) is 14.7. The lowest BCUT2D eigenvalue weighted by atomic mass is 10.1. The van der Waals surface area contributed by atoms with Gasteiger partial charge < -0.3 is 14.6 Å². The summed E-state index contributed by atoms with van der Waals surface area (Å²) in [7, 11) is 0. The molecule has 4 heteroatoms. The molecule has 0 aromatic carbocycles. The largest absolute Gasteiger partial charge is 0.396 e. The molecule has 0 bridgehead atoms. The van der Waals surface area contributed by atoms with Gasteiger partial charge >= 0.3 is 0 Å². The van der Waals surface area contributed by atoms with Crippen molar-refractivity contribution in [2.45, 2.75) is 50.6 Å². The average Bonchev–Trinajstić information content (AvgIpc) is 2.98. The number of hydrogen-bond donors (Lipinski definition) is 1. The van der Waals surface area contributed by atoms with Crippen LogP contribution >= 0.6 is 0 Å². The number of likely N-dealkylation sites (tertiary alicyclic amines) is 1. The molecule has 1 unspecified atom stereocenters. The van der Waals surface area contributed by atoms with Gasteiger partial charge in [0.05, 0.1) is 0 Å². The fraction of sp³-hybridized carbons (Fsp3) is 0.667. The molecule has 104 valence electrons. The second-order valence-electron chi connectivity index (χ2n) is 5.69. The van der Waals surface area contributed by atoms with Gasteiger partial charge in [0.2, 0.25) is 0 Å². The van der Waals surface area contributed by atoms with Crippen molar-refractivity contribution < 1.29 is 9.90 Å². The normalized spacial score (nSPS) is 23.0. The molecule has 2 heterocycles. The Morgan fingerprint density at radius 1 is 1.37 bits per heavy atom. The lowest BCUT2D eigenvalue weighted by molar-refractivity contribution is 0.0713. The molecule has 3 rings (SSSR count). The van der Waals surface area contributed by atoms with Crippen LogP contribution in [0.5, 0.6) is 0 Å². The summed E-state index contributed by atoms with van der Waals surface area (Å²) in [5, 5.41) is 8.95. The van der Waals surface area contributed by atoms with Crippen molar-refractivity contribution in [3.8, 4) is 0 Å². The zero-order valence-electron chi connectivity index (χ0n) is 11.3. The van der Waals surface area contributed by atoms with Crippen LogP contribution in [0.2, 0.25) is 0 Å². The average molecular weight is 262 g/mol. The maximum atomic E-state index is 12.7. The predicted molar refractivity (Wildman–Crippen MR) is 73.1 cm³/mol. The van der Waals surface area contributed by atoms with Gasteiger partial charge in [-0.05, 0) is 50.7 Å². The third kappa shape index (κ3) is 2.54. The van der Waals surface area contributed by atoms with E-state index in [0.29, 0.717) is 12.1 Å². The Morgan fingerprint density at radius 2 is 2.21 bits per heavy atom. The number of amides is 1. The first-order valence-corrected chi connectivity index (χ1v) is 7.40. The van der Waals surface area contributed by atoms with E-state index in [1.165, 1.54) is 12.8 Å². The Balaban J connectivity index is 1.73. The molecular formula is C15H22N2O2. The Labute approximate surface area is 114 Å². The number of carbonyl (C=O) groups excluding carboxylic acids is 1. The van der Waals surface area contributed by atoms with Crippen LogP contribution < -0.4 is 0 Å². The summed E-state index contributed by atoms with van der Waals surface area (Å²) in [5.41, 5.74) is 0.846. The lowest BCUT2D eigenvalue weighted by Gasteiger charge is -2.25. The molecule has 0 spiro atoms. The van der Waals surface area contributed by atoms with E-state index in [1.807, 2.05) is 23.2 Å². The topological polar surface area (TPSA) is 45.5 Å². The van der Waals surface area contributed by atoms with E-state index in [9.17, 15) is 4.79 Å². The van der Waals surface area contributed by atoms with E-state index in [-0.39, 0.29) is 12.5 Å². The molecule has 1 aromatic rings. The highest BCUT2D eigenvalue weighted by Crippen LogP contribution is 2.36. The van der Waals surface area contributed by atoms with Crippen molar-refractivity contribution >= 4 is 5.91 Å². The van der Waals surface area contributed by atoms with Gasteiger partial charge in [0.1, 0.15) is 5.69 Å². The summed E-state index contributed by atoms with van der Waals surface area (Å²) in [5.74, 6) is 0.178. The molecule has 1 atom stereocenters. The number of aromatic nitrogens is 1. The van der Waals surface area contributed by atoms with Crippen molar-refractivity contribution in [1.82, 2.24) is 9.47 Å². The van der Waals surface area contributed by atoms with Gasteiger partial charge in [-0.3, -0.25) is 4.79 Å². The first kappa shape index (κ1) is 12.7. The Morgan fingerprint density at radius 3 is 2.95 bits per heavy atom. The number of rotatable bonds is 5. The Kier molecular flexibility index (Phi) is 3.60. The standard InChI is InChI=1S/C15H22N2O2/c18-11-3-5-12-4-1-10-17(12)15(19)14-6-2-9-16(14)13-7-8-13/h2,6,9,12-13,18H,1,3-5,7-8,10-11H2. The van der Waals surface area contributed by atoms with Gasteiger partial charge in [-0.25, -0.2) is 0 Å².